The molecule has 0 aliphatic heterocycles. The van der Waals surface area contributed by atoms with Crippen molar-refractivity contribution in [2.45, 2.75) is 4.90 Å². The number of benzene rings is 1. The molecule has 0 bridgehead atoms. The Morgan fingerprint density at radius 2 is 2.00 bits per heavy atom. The maximum absolute atomic E-state index is 13.0. The van der Waals surface area contributed by atoms with E-state index in [-0.39, 0.29) is 16.3 Å². The molecule has 0 radical (unpaired) electrons. The number of hydrogen-bond acceptors (Lipinski definition) is 6. The van der Waals surface area contributed by atoms with E-state index in [0.717, 1.165) is 0 Å². The summed E-state index contributed by atoms with van der Waals surface area (Å²) in [5, 5.41) is 18.5. The molecule has 0 unspecified atom stereocenters. The van der Waals surface area contributed by atoms with Crippen molar-refractivity contribution in [2.24, 2.45) is 5.14 Å². The van der Waals surface area contributed by atoms with Gasteiger partial charge < -0.3 is 0 Å². The maximum atomic E-state index is 13.0. The number of primary sulfonamides is 1. The van der Waals surface area contributed by atoms with Gasteiger partial charge in [0.05, 0.1) is 10.5 Å². The molecule has 0 aliphatic rings. The number of tetrazole rings is 1. The summed E-state index contributed by atoms with van der Waals surface area (Å²) in [5.74, 6) is -0.587. The molecule has 10 heteroatoms. The van der Waals surface area contributed by atoms with Crippen LogP contribution >= 0.6 is 0 Å². The van der Waals surface area contributed by atoms with Gasteiger partial charge in [-0.1, -0.05) is 12.1 Å². The fourth-order valence-electron chi connectivity index (χ4n) is 2.04. The molecular weight excluding hydrogens is 311 g/mol. The van der Waals surface area contributed by atoms with Gasteiger partial charge in [0.15, 0.2) is 0 Å². The van der Waals surface area contributed by atoms with Crippen molar-refractivity contribution in [1.82, 2.24) is 25.6 Å². The van der Waals surface area contributed by atoms with Crippen LogP contribution in [-0.4, -0.2) is 34.0 Å². The quantitative estimate of drug-likeness (QED) is 0.684. The predicted molar refractivity (Wildman–Crippen MR) is 74.2 cm³/mol. The Balaban J connectivity index is 2.34. The van der Waals surface area contributed by atoms with Crippen LogP contribution in [-0.2, 0) is 10.0 Å². The molecule has 0 aliphatic carbocycles. The van der Waals surface area contributed by atoms with E-state index in [1.165, 1.54) is 30.5 Å². The number of pyridine rings is 1. The van der Waals surface area contributed by atoms with Crippen molar-refractivity contribution in [3.63, 3.8) is 0 Å². The van der Waals surface area contributed by atoms with E-state index >= 15 is 0 Å². The van der Waals surface area contributed by atoms with Gasteiger partial charge in [0.2, 0.25) is 21.8 Å². The van der Waals surface area contributed by atoms with E-state index in [1.54, 1.807) is 6.07 Å². The Morgan fingerprint density at radius 3 is 2.59 bits per heavy atom. The summed E-state index contributed by atoms with van der Waals surface area (Å²) in [4.78, 5) is 3.40. The largest absolute Gasteiger partial charge is 0.238 e. The first kappa shape index (κ1) is 14.2. The van der Waals surface area contributed by atoms with Gasteiger partial charge in [-0.05, 0) is 29.0 Å². The lowest BCUT2D eigenvalue weighted by Gasteiger charge is -2.10. The van der Waals surface area contributed by atoms with Crippen molar-refractivity contribution >= 4 is 10.0 Å². The Labute approximate surface area is 124 Å². The van der Waals surface area contributed by atoms with Gasteiger partial charge in [-0.15, -0.1) is 10.2 Å². The van der Waals surface area contributed by atoms with Gasteiger partial charge in [0.25, 0.3) is 0 Å². The molecule has 1 aromatic carbocycles. The summed E-state index contributed by atoms with van der Waals surface area (Å²) in [6.45, 7) is 0. The number of H-pyrrole nitrogens is 1. The lowest BCUT2D eigenvalue weighted by molar-refractivity contribution is 0.584. The molecule has 22 heavy (non-hydrogen) atoms. The highest BCUT2D eigenvalue weighted by molar-refractivity contribution is 7.89. The predicted octanol–water partition coefficient (Wildman–Crippen LogP) is 0.715. The number of sulfonamides is 1. The molecule has 2 heterocycles. The third-order valence-electron chi connectivity index (χ3n) is 2.94. The zero-order valence-electron chi connectivity index (χ0n) is 10.9. The SMILES string of the molecule is NS(=O)(=O)c1cccc(-c2ccc(F)nc2)c1-c1nn[nH]n1. The third-order valence-corrected chi connectivity index (χ3v) is 3.89. The van der Waals surface area contributed by atoms with E-state index in [4.69, 9.17) is 5.14 Å². The van der Waals surface area contributed by atoms with E-state index in [0.29, 0.717) is 11.1 Å². The Hall–Kier alpha value is -2.72. The molecular formula is C12H9FN6O2S. The topological polar surface area (TPSA) is 128 Å². The summed E-state index contributed by atoms with van der Waals surface area (Å²) in [6.07, 6.45) is 1.28. The summed E-state index contributed by atoms with van der Waals surface area (Å²) in [7, 11) is -4.01. The van der Waals surface area contributed by atoms with Crippen LogP contribution in [0.15, 0.2) is 41.4 Å². The minimum atomic E-state index is -4.01. The fourth-order valence-corrected chi connectivity index (χ4v) is 2.80. The van der Waals surface area contributed by atoms with E-state index in [1.807, 2.05) is 0 Å². The molecule has 0 fully saturated rings. The first-order valence-corrected chi connectivity index (χ1v) is 7.53. The van der Waals surface area contributed by atoms with Gasteiger partial charge in [0.1, 0.15) is 0 Å². The molecule has 0 amide bonds. The highest BCUT2D eigenvalue weighted by atomic mass is 32.2. The number of nitrogens with zero attached hydrogens (tertiary/aromatic N) is 4. The normalized spacial score (nSPS) is 11.5. The number of nitrogens with one attached hydrogen (secondary N) is 1. The second-order valence-corrected chi connectivity index (χ2v) is 5.86. The Bertz CT molecular complexity index is 909. The van der Waals surface area contributed by atoms with Crippen molar-refractivity contribution in [3.05, 3.63) is 42.5 Å². The number of aromatic nitrogens is 5. The van der Waals surface area contributed by atoms with E-state index in [2.05, 4.69) is 25.6 Å². The van der Waals surface area contributed by atoms with Crippen LogP contribution in [0.2, 0.25) is 0 Å². The molecule has 0 spiro atoms. The highest BCUT2D eigenvalue weighted by Gasteiger charge is 2.22. The first-order valence-electron chi connectivity index (χ1n) is 5.98. The summed E-state index contributed by atoms with van der Waals surface area (Å²) in [6, 6.07) is 7.12. The van der Waals surface area contributed by atoms with Gasteiger partial charge in [-0.25, -0.2) is 18.5 Å². The number of aromatic amines is 1. The summed E-state index contributed by atoms with van der Waals surface area (Å²) >= 11 is 0. The van der Waals surface area contributed by atoms with Crippen molar-refractivity contribution in [1.29, 1.82) is 0 Å². The monoisotopic (exact) mass is 320 g/mol. The zero-order valence-corrected chi connectivity index (χ0v) is 11.7. The first-order chi connectivity index (χ1) is 10.5. The number of hydrogen-bond donors (Lipinski definition) is 2. The Kier molecular flexibility index (Phi) is 3.39. The molecule has 112 valence electrons. The Morgan fingerprint density at radius 1 is 1.18 bits per heavy atom. The number of rotatable bonds is 3. The van der Waals surface area contributed by atoms with Crippen LogP contribution in [0, 0.1) is 5.95 Å². The minimum absolute atomic E-state index is 0.0592. The van der Waals surface area contributed by atoms with Crippen LogP contribution in [0.5, 0.6) is 0 Å². The van der Waals surface area contributed by atoms with Crippen LogP contribution in [0.3, 0.4) is 0 Å². The lowest BCUT2D eigenvalue weighted by Crippen LogP contribution is -2.14. The fraction of sp³-hybridized carbons (Fsp3) is 0. The smallest absolute Gasteiger partial charge is 0.228 e. The van der Waals surface area contributed by atoms with Crippen LogP contribution in [0.4, 0.5) is 4.39 Å². The maximum Gasteiger partial charge on any atom is 0.238 e. The van der Waals surface area contributed by atoms with Crippen molar-refractivity contribution in [3.8, 4) is 22.5 Å². The summed E-state index contributed by atoms with van der Waals surface area (Å²) in [5.41, 5.74) is 1.11. The van der Waals surface area contributed by atoms with Crippen LogP contribution in [0.1, 0.15) is 0 Å². The average molecular weight is 320 g/mol. The van der Waals surface area contributed by atoms with Crippen LogP contribution in [0.25, 0.3) is 22.5 Å². The average Bonchev–Trinajstić information content (AvgIpc) is 3.00. The molecule has 8 nitrogen and oxygen atoms in total. The molecule has 3 N–H and O–H groups in total. The van der Waals surface area contributed by atoms with E-state index < -0.39 is 16.0 Å². The second kappa shape index (κ2) is 5.24. The zero-order chi connectivity index (χ0) is 15.7. The molecule has 2 aromatic heterocycles. The van der Waals surface area contributed by atoms with Crippen molar-refractivity contribution < 1.29 is 12.8 Å². The van der Waals surface area contributed by atoms with Gasteiger partial charge >= 0.3 is 0 Å². The summed E-state index contributed by atoms with van der Waals surface area (Å²) < 4.78 is 36.6. The molecule has 3 rings (SSSR count). The number of nitrogens with two attached hydrogens (primary N) is 1. The third kappa shape index (κ3) is 2.56. The van der Waals surface area contributed by atoms with Crippen molar-refractivity contribution in [2.75, 3.05) is 0 Å². The van der Waals surface area contributed by atoms with Gasteiger partial charge in [-0.3, -0.25) is 0 Å². The molecule has 0 saturated heterocycles. The molecule has 0 atom stereocenters. The van der Waals surface area contributed by atoms with Gasteiger partial charge in [-0.2, -0.15) is 9.60 Å². The molecule has 0 saturated carbocycles. The second-order valence-electron chi connectivity index (χ2n) is 4.33. The lowest BCUT2D eigenvalue weighted by atomic mass is 10.0. The standard InChI is InChI=1S/C12H9FN6O2S/c13-10-5-4-7(6-15-10)8-2-1-3-9(22(14,20)21)11(8)12-16-18-19-17-12/h1-6H,(H2,14,20,21)(H,16,17,18,19). The molecule has 3 aromatic rings. The van der Waals surface area contributed by atoms with Crippen LogP contribution < -0.4 is 5.14 Å². The minimum Gasteiger partial charge on any atom is -0.228 e. The highest BCUT2D eigenvalue weighted by Crippen LogP contribution is 2.34. The van der Waals surface area contributed by atoms with E-state index in [9.17, 15) is 12.8 Å². The van der Waals surface area contributed by atoms with Gasteiger partial charge in [0, 0.05) is 11.8 Å². The number of halogens is 1.